The van der Waals surface area contributed by atoms with E-state index in [-0.39, 0.29) is 0 Å². The molecule has 1 nitrogen and oxygen atoms in total. The van der Waals surface area contributed by atoms with Gasteiger partial charge in [0.15, 0.2) is 0 Å². The Morgan fingerprint density at radius 1 is 1.38 bits per heavy atom. The SMILES string of the molecule is CCCN1CCCCC1C=C(C)C. The summed E-state index contributed by atoms with van der Waals surface area (Å²) in [6.45, 7) is 9.27. The summed E-state index contributed by atoms with van der Waals surface area (Å²) in [6.07, 6.45) is 7.90. The number of piperidine rings is 1. The normalized spacial score (nSPS) is 24.4. The molecule has 0 aromatic rings. The van der Waals surface area contributed by atoms with Crippen molar-refractivity contribution in [1.82, 2.24) is 4.90 Å². The molecule has 1 saturated heterocycles. The Kier molecular flexibility index (Phi) is 4.51. The van der Waals surface area contributed by atoms with E-state index >= 15 is 0 Å². The van der Waals surface area contributed by atoms with E-state index in [1.54, 1.807) is 0 Å². The quantitative estimate of drug-likeness (QED) is 0.604. The van der Waals surface area contributed by atoms with Crippen LogP contribution in [0.3, 0.4) is 0 Å². The minimum atomic E-state index is 0.735. The van der Waals surface area contributed by atoms with E-state index in [0.29, 0.717) is 0 Å². The van der Waals surface area contributed by atoms with E-state index < -0.39 is 0 Å². The van der Waals surface area contributed by atoms with Gasteiger partial charge in [-0.05, 0) is 46.2 Å². The number of allylic oxidation sites excluding steroid dienone is 1. The minimum Gasteiger partial charge on any atom is -0.297 e. The average molecular weight is 181 g/mol. The first-order chi connectivity index (χ1) is 6.24. The fraction of sp³-hybridized carbons (Fsp3) is 0.833. The minimum absolute atomic E-state index is 0.735. The van der Waals surface area contributed by atoms with Crippen LogP contribution >= 0.6 is 0 Å². The molecule has 1 rings (SSSR count). The van der Waals surface area contributed by atoms with Crippen molar-refractivity contribution < 1.29 is 0 Å². The maximum absolute atomic E-state index is 2.64. The molecule has 1 unspecified atom stereocenters. The Bertz CT molecular complexity index is 166. The van der Waals surface area contributed by atoms with Gasteiger partial charge in [-0.2, -0.15) is 0 Å². The lowest BCUT2D eigenvalue weighted by molar-refractivity contribution is 0.180. The maximum Gasteiger partial charge on any atom is 0.0280 e. The molecule has 13 heavy (non-hydrogen) atoms. The Hall–Kier alpha value is -0.300. The lowest BCUT2D eigenvalue weighted by atomic mass is 10.00. The molecule has 0 aromatic carbocycles. The third-order valence-electron chi connectivity index (χ3n) is 2.70. The van der Waals surface area contributed by atoms with Crippen LogP contribution in [-0.2, 0) is 0 Å². The highest BCUT2D eigenvalue weighted by Gasteiger charge is 2.18. The van der Waals surface area contributed by atoms with E-state index in [4.69, 9.17) is 0 Å². The summed E-state index contributed by atoms with van der Waals surface area (Å²) in [4.78, 5) is 2.64. The molecule has 76 valence electrons. The summed E-state index contributed by atoms with van der Waals surface area (Å²) in [5.74, 6) is 0. The van der Waals surface area contributed by atoms with E-state index in [1.165, 1.54) is 44.3 Å². The van der Waals surface area contributed by atoms with Gasteiger partial charge in [-0.15, -0.1) is 0 Å². The summed E-state index contributed by atoms with van der Waals surface area (Å²) < 4.78 is 0. The first-order valence-corrected chi connectivity index (χ1v) is 5.63. The first-order valence-electron chi connectivity index (χ1n) is 5.63. The second kappa shape index (κ2) is 5.43. The van der Waals surface area contributed by atoms with Gasteiger partial charge in [0.1, 0.15) is 0 Å². The molecule has 0 radical (unpaired) electrons. The van der Waals surface area contributed by atoms with Gasteiger partial charge in [0, 0.05) is 6.04 Å². The van der Waals surface area contributed by atoms with E-state index in [1.807, 2.05) is 0 Å². The zero-order valence-electron chi connectivity index (χ0n) is 9.34. The summed E-state index contributed by atoms with van der Waals surface area (Å²) in [7, 11) is 0. The maximum atomic E-state index is 2.64. The van der Waals surface area contributed by atoms with Gasteiger partial charge in [-0.1, -0.05) is 25.0 Å². The monoisotopic (exact) mass is 181 g/mol. The molecule has 1 heterocycles. The van der Waals surface area contributed by atoms with Crippen molar-refractivity contribution in [3.05, 3.63) is 11.6 Å². The Morgan fingerprint density at radius 2 is 2.15 bits per heavy atom. The van der Waals surface area contributed by atoms with Gasteiger partial charge in [0.05, 0.1) is 0 Å². The van der Waals surface area contributed by atoms with Crippen molar-refractivity contribution in [2.45, 2.75) is 52.5 Å². The molecule has 1 aliphatic rings. The van der Waals surface area contributed by atoms with Crippen molar-refractivity contribution in [2.75, 3.05) is 13.1 Å². The highest BCUT2D eigenvalue weighted by molar-refractivity contribution is 5.02. The first kappa shape index (κ1) is 10.8. The predicted molar refractivity (Wildman–Crippen MR) is 58.9 cm³/mol. The van der Waals surface area contributed by atoms with E-state index in [2.05, 4.69) is 31.7 Å². The molecule has 1 fully saturated rings. The topological polar surface area (TPSA) is 3.24 Å². The van der Waals surface area contributed by atoms with Crippen LogP contribution in [0, 0.1) is 0 Å². The van der Waals surface area contributed by atoms with Crippen LogP contribution in [0.4, 0.5) is 0 Å². The molecule has 1 aliphatic heterocycles. The van der Waals surface area contributed by atoms with E-state index in [9.17, 15) is 0 Å². The van der Waals surface area contributed by atoms with Gasteiger partial charge in [0.25, 0.3) is 0 Å². The van der Waals surface area contributed by atoms with Crippen LogP contribution in [0.15, 0.2) is 11.6 Å². The third-order valence-corrected chi connectivity index (χ3v) is 2.70. The Labute approximate surface area is 82.8 Å². The third kappa shape index (κ3) is 3.51. The summed E-state index contributed by atoms with van der Waals surface area (Å²) in [5.41, 5.74) is 1.47. The van der Waals surface area contributed by atoms with Crippen molar-refractivity contribution in [3.8, 4) is 0 Å². The fourth-order valence-electron chi connectivity index (χ4n) is 2.16. The number of hydrogen-bond donors (Lipinski definition) is 0. The molecule has 1 atom stereocenters. The smallest absolute Gasteiger partial charge is 0.0280 e. The lowest BCUT2D eigenvalue weighted by Crippen LogP contribution is -2.38. The van der Waals surface area contributed by atoms with Crippen LogP contribution in [-0.4, -0.2) is 24.0 Å². The van der Waals surface area contributed by atoms with Gasteiger partial charge >= 0.3 is 0 Å². The molecule has 0 aromatic heterocycles. The van der Waals surface area contributed by atoms with Crippen molar-refractivity contribution in [1.29, 1.82) is 0 Å². The second-order valence-corrected chi connectivity index (χ2v) is 4.34. The highest BCUT2D eigenvalue weighted by Crippen LogP contribution is 2.19. The van der Waals surface area contributed by atoms with E-state index in [0.717, 1.165) is 6.04 Å². The molecular weight excluding hydrogens is 158 g/mol. The summed E-state index contributed by atoms with van der Waals surface area (Å²) in [5, 5.41) is 0. The molecule has 0 saturated carbocycles. The summed E-state index contributed by atoms with van der Waals surface area (Å²) in [6, 6.07) is 0.735. The van der Waals surface area contributed by atoms with Gasteiger partial charge in [-0.25, -0.2) is 0 Å². The summed E-state index contributed by atoms with van der Waals surface area (Å²) >= 11 is 0. The van der Waals surface area contributed by atoms with Gasteiger partial charge < -0.3 is 0 Å². The lowest BCUT2D eigenvalue weighted by Gasteiger charge is -2.34. The van der Waals surface area contributed by atoms with Crippen LogP contribution in [0.25, 0.3) is 0 Å². The zero-order valence-corrected chi connectivity index (χ0v) is 9.34. The standard InChI is InChI=1S/C12H23N/c1-4-8-13-9-6-5-7-12(13)10-11(2)3/h10,12H,4-9H2,1-3H3. The Morgan fingerprint density at radius 3 is 2.77 bits per heavy atom. The van der Waals surface area contributed by atoms with Gasteiger partial charge in [-0.3, -0.25) is 4.90 Å². The van der Waals surface area contributed by atoms with Crippen molar-refractivity contribution in [3.63, 3.8) is 0 Å². The highest BCUT2D eigenvalue weighted by atomic mass is 15.2. The molecular formula is C12H23N. The van der Waals surface area contributed by atoms with Crippen LogP contribution in [0.1, 0.15) is 46.5 Å². The molecule has 0 bridgehead atoms. The average Bonchev–Trinajstić information content (AvgIpc) is 2.08. The van der Waals surface area contributed by atoms with Crippen LogP contribution < -0.4 is 0 Å². The number of likely N-dealkylation sites (tertiary alicyclic amines) is 1. The molecule has 0 spiro atoms. The molecule has 0 N–H and O–H groups in total. The molecule has 0 aliphatic carbocycles. The van der Waals surface area contributed by atoms with Crippen LogP contribution in [0.2, 0.25) is 0 Å². The molecule has 1 heteroatoms. The second-order valence-electron chi connectivity index (χ2n) is 4.34. The predicted octanol–water partition coefficient (Wildman–Crippen LogP) is 3.22. The van der Waals surface area contributed by atoms with Crippen LogP contribution in [0.5, 0.6) is 0 Å². The van der Waals surface area contributed by atoms with Crippen molar-refractivity contribution >= 4 is 0 Å². The van der Waals surface area contributed by atoms with Gasteiger partial charge in [0.2, 0.25) is 0 Å². The zero-order chi connectivity index (χ0) is 9.68. The number of nitrogens with zero attached hydrogens (tertiary/aromatic N) is 1. The fourth-order valence-corrected chi connectivity index (χ4v) is 2.16. The number of rotatable bonds is 3. The Balaban J connectivity index is 2.51. The number of hydrogen-bond acceptors (Lipinski definition) is 1. The molecule has 0 amide bonds. The van der Waals surface area contributed by atoms with Crippen molar-refractivity contribution in [2.24, 2.45) is 0 Å². The largest absolute Gasteiger partial charge is 0.297 e.